The number of fused-ring (bicyclic) bond motifs is 7. The molecule has 1 spiro atoms. The van der Waals surface area contributed by atoms with E-state index in [1.165, 1.54) is 0 Å². The van der Waals surface area contributed by atoms with Gasteiger partial charge in [0.15, 0.2) is 11.4 Å². The molecular formula is C55H60N6O7S. The van der Waals surface area contributed by atoms with Gasteiger partial charge < -0.3 is 41.0 Å². The largest absolute Gasteiger partial charge is 0.456 e. The zero-order valence-corrected chi connectivity index (χ0v) is 40.1. The zero-order chi connectivity index (χ0) is 48.2. The van der Waals surface area contributed by atoms with Crippen LogP contribution in [0.1, 0.15) is 131 Å². The number of thiophene rings is 1. The number of carbonyl (C=O) groups excluding carboxylic acids is 5. The monoisotopic (exact) mass is 948 g/mol. The molecule has 0 atom stereocenters. The Labute approximate surface area is 406 Å². The molecule has 4 heterocycles. The quantitative estimate of drug-likeness (QED) is 0.0281. The number of aryl methyl sites for hydroxylation is 1. The van der Waals surface area contributed by atoms with Gasteiger partial charge in [-0.2, -0.15) is 0 Å². The van der Waals surface area contributed by atoms with Crippen molar-refractivity contribution < 1.29 is 33.4 Å². The maximum absolute atomic E-state index is 13.8. The molecule has 6 aromatic rings. The van der Waals surface area contributed by atoms with E-state index in [9.17, 15) is 24.0 Å². The number of hydrogen-bond donors (Lipinski definition) is 4. The van der Waals surface area contributed by atoms with E-state index in [1.54, 1.807) is 70.8 Å². The lowest BCUT2D eigenvalue weighted by Crippen LogP contribution is -2.35. The molecule has 2 aromatic heterocycles. The predicted octanol–water partition coefficient (Wildman–Crippen LogP) is 10.1. The lowest BCUT2D eigenvalue weighted by molar-refractivity contribution is -0.126. The Kier molecular flexibility index (Phi) is 13.9. The predicted molar refractivity (Wildman–Crippen MR) is 270 cm³/mol. The number of benzene rings is 4. The number of likely N-dealkylation sites (N-methyl/N-ethyl adjacent to an activating group) is 1. The van der Waals surface area contributed by atoms with E-state index in [2.05, 4.69) is 10.6 Å². The SMILES string of the molecule is CCN(C(=O)Cn1c(C(=O)CC2CCC(C(=O)NCCCCCCCCNC(=O)c3ccc4c(c3)C(=O)OC43c4ccc(N)cc4Oc4cc(N)ccc43)CC2)cc2sccc21)c1cccc(C)c1. The second kappa shape index (κ2) is 20.3. The summed E-state index contributed by atoms with van der Waals surface area (Å²) in [5.41, 5.74) is 17.9. The third-order valence-electron chi connectivity index (χ3n) is 14.0. The number of hydrogen-bond acceptors (Lipinski definition) is 10. The summed E-state index contributed by atoms with van der Waals surface area (Å²) < 4.78 is 15.3. The third-order valence-corrected chi connectivity index (χ3v) is 14.9. The van der Waals surface area contributed by atoms with Gasteiger partial charge in [-0.3, -0.25) is 19.2 Å². The summed E-state index contributed by atoms with van der Waals surface area (Å²) in [7, 11) is 0. The lowest BCUT2D eigenvalue weighted by atomic mass is 9.77. The number of carbonyl (C=O) groups is 5. The van der Waals surface area contributed by atoms with Gasteiger partial charge in [0.25, 0.3) is 5.91 Å². The maximum Gasteiger partial charge on any atom is 0.340 e. The first-order valence-electron chi connectivity index (χ1n) is 24.3. The average Bonchev–Trinajstić information content (AvgIpc) is 4.02. The van der Waals surface area contributed by atoms with Gasteiger partial charge in [-0.25, -0.2) is 4.79 Å². The van der Waals surface area contributed by atoms with E-state index in [-0.39, 0.29) is 41.9 Å². The van der Waals surface area contributed by atoms with Crippen LogP contribution in [0.2, 0.25) is 0 Å². The number of aromatic nitrogens is 1. The van der Waals surface area contributed by atoms with Gasteiger partial charge in [0.05, 0.1) is 21.5 Å². The van der Waals surface area contributed by atoms with E-state index >= 15 is 0 Å². The fraction of sp³-hybridized carbons (Fsp3) is 0.364. The lowest BCUT2D eigenvalue weighted by Gasteiger charge is -2.36. The van der Waals surface area contributed by atoms with E-state index in [1.807, 2.05) is 60.2 Å². The molecule has 1 saturated carbocycles. The third kappa shape index (κ3) is 9.72. The van der Waals surface area contributed by atoms with Crippen LogP contribution in [-0.4, -0.2) is 53.7 Å². The van der Waals surface area contributed by atoms with Gasteiger partial charge in [-0.15, -0.1) is 11.3 Å². The molecule has 1 fully saturated rings. The molecule has 6 N–H and O–H groups in total. The summed E-state index contributed by atoms with van der Waals surface area (Å²) in [5.74, 6) is 0.409. The van der Waals surface area contributed by atoms with Crippen LogP contribution in [0.5, 0.6) is 11.5 Å². The highest BCUT2D eigenvalue weighted by Gasteiger charge is 2.53. The number of nitrogens with two attached hydrogens (primary N) is 2. The van der Waals surface area contributed by atoms with Crippen molar-refractivity contribution in [3.05, 3.63) is 135 Å². The van der Waals surface area contributed by atoms with E-state index in [4.69, 9.17) is 20.9 Å². The molecule has 358 valence electrons. The second-order valence-electron chi connectivity index (χ2n) is 18.7. The summed E-state index contributed by atoms with van der Waals surface area (Å²) in [4.78, 5) is 69.1. The van der Waals surface area contributed by atoms with E-state index in [0.29, 0.717) is 82.4 Å². The topological polar surface area (TPSA) is 188 Å². The molecule has 3 aliphatic rings. The van der Waals surface area contributed by atoms with Crippen LogP contribution in [0.3, 0.4) is 0 Å². The molecule has 13 nitrogen and oxygen atoms in total. The zero-order valence-electron chi connectivity index (χ0n) is 39.3. The summed E-state index contributed by atoms with van der Waals surface area (Å²) in [6, 6.07) is 27.4. The molecule has 2 aliphatic heterocycles. The Morgan fingerprint density at radius 1 is 0.783 bits per heavy atom. The number of nitrogens with one attached hydrogen (secondary N) is 2. The summed E-state index contributed by atoms with van der Waals surface area (Å²) in [6.45, 7) is 5.76. The van der Waals surface area contributed by atoms with E-state index in [0.717, 1.165) is 85.7 Å². The van der Waals surface area contributed by atoms with Crippen molar-refractivity contribution in [2.75, 3.05) is 36.0 Å². The van der Waals surface area contributed by atoms with Gasteiger partial charge in [0.2, 0.25) is 11.8 Å². The first-order valence-corrected chi connectivity index (χ1v) is 25.2. The minimum Gasteiger partial charge on any atom is -0.456 e. The molecule has 0 radical (unpaired) electrons. The number of ether oxygens (including phenoxy) is 2. The van der Waals surface area contributed by atoms with E-state index < -0.39 is 11.6 Å². The maximum atomic E-state index is 13.8. The molecular weight excluding hydrogens is 889 g/mol. The fourth-order valence-corrected chi connectivity index (χ4v) is 11.2. The van der Waals surface area contributed by atoms with Crippen molar-refractivity contribution >= 4 is 68.1 Å². The standard InChI is InChI=1S/C55H60N6O7S/c1-3-60(40-12-10-11-34(2)27-40)51(63)33-61-45-23-26-69-50(45)32-46(61)47(62)28-35-13-15-36(16-14-35)52(64)58-24-8-6-4-5-7-9-25-59-53(65)37-17-20-42-41(29-37)54(66)68-55(42)43-21-18-38(56)30-48(43)67-49-31-39(57)19-22-44(49)55/h10-12,17-23,26-27,29-32,35-36H,3-9,13-16,24-25,28,33,56-57H2,1-2H3,(H,58,64)(H,59,65). The highest BCUT2D eigenvalue weighted by molar-refractivity contribution is 7.17. The summed E-state index contributed by atoms with van der Waals surface area (Å²) in [5, 5.41) is 8.15. The smallest absolute Gasteiger partial charge is 0.340 e. The number of rotatable bonds is 18. The highest BCUT2D eigenvalue weighted by Crippen LogP contribution is 2.56. The number of esters is 1. The molecule has 14 heteroatoms. The minimum absolute atomic E-state index is 0.0371. The van der Waals surface area contributed by atoms with Gasteiger partial charge in [-0.1, -0.05) is 43.9 Å². The Morgan fingerprint density at radius 2 is 1.45 bits per heavy atom. The van der Waals surface area contributed by atoms with Gasteiger partial charge in [0, 0.05) is 83.4 Å². The van der Waals surface area contributed by atoms with Crippen LogP contribution < -0.4 is 31.7 Å². The van der Waals surface area contributed by atoms with Crippen molar-refractivity contribution in [2.24, 2.45) is 11.8 Å². The van der Waals surface area contributed by atoms with Crippen molar-refractivity contribution in [3.63, 3.8) is 0 Å². The van der Waals surface area contributed by atoms with Gasteiger partial charge >= 0.3 is 5.97 Å². The summed E-state index contributed by atoms with van der Waals surface area (Å²) >= 11 is 1.58. The highest BCUT2D eigenvalue weighted by atomic mass is 32.1. The minimum atomic E-state index is -1.28. The number of ketones is 1. The van der Waals surface area contributed by atoms with Gasteiger partial charge in [-0.05, 0) is 130 Å². The molecule has 4 aromatic carbocycles. The van der Waals surface area contributed by atoms with Crippen LogP contribution >= 0.6 is 11.3 Å². The first kappa shape index (κ1) is 47.1. The number of amides is 3. The molecule has 3 amide bonds. The average molecular weight is 949 g/mol. The van der Waals surface area contributed by atoms with Crippen molar-refractivity contribution in [2.45, 2.75) is 96.6 Å². The fourth-order valence-electron chi connectivity index (χ4n) is 10.4. The van der Waals surface area contributed by atoms with Crippen LogP contribution in [0.25, 0.3) is 10.2 Å². The second-order valence-corrected chi connectivity index (χ2v) is 19.7. The number of Topliss-reactive ketones (excluding diaryl/α,β-unsaturated/α-hetero) is 1. The van der Waals surface area contributed by atoms with Gasteiger partial charge in [0.1, 0.15) is 18.0 Å². The normalized spacial score (nSPS) is 16.5. The number of nitrogen functional groups attached to an aromatic ring is 2. The van der Waals surface area contributed by atoms with Crippen molar-refractivity contribution in [1.82, 2.24) is 15.2 Å². The Bertz CT molecular complexity index is 2880. The molecule has 1 aliphatic carbocycles. The number of anilines is 3. The first-order chi connectivity index (χ1) is 33.4. The molecule has 0 saturated heterocycles. The van der Waals surface area contributed by atoms with Crippen LogP contribution in [0.15, 0.2) is 96.4 Å². The Balaban J connectivity index is 0.669. The molecule has 0 unspecified atom stereocenters. The Hall–Kier alpha value is -6.93. The number of unbranched alkanes of at least 4 members (excludes halogenated alkanes) is 5. The number of nitrogens with zero attached hydrogens (tertiary/aromatic N) is 2. The molecule has 9 rings (SSSR count). The molecule has 0 bridgehead atoms. The van der Waals surface area contributed by atoms with Crippen LogP contribution in [0, 0.1) is 18.8 Å². The van der Waals surface area contributed by atoms with Crippen molar-refractivity contribution in [3.8, 4) is 11.5 Å². The van der Waals surface area contributed by atoms with Crippen molar-refractivity contribution in [1.29, 1.82) is 0 Å². The molecule has 69 heavy (non-hydrogen) atoms. The summed E-state index contributed by atoms with van der Waals surface area (Å²) in [6.07, 6.45) is 9.34. The van der Waals surface area contributed by atoms with Crippen LogP contribution in [-0.2, 0) is 26.5 Å². The Morgan fingerprint density at radius 3 is 2.13 bits per heavy atom. The van der Waals surface area contributed by atoms with Crippen LogP contribution in [0.4, 0.5) is 17.1 Å².